The molecule has 1 rings (SSSR count). The number of ether oxygens (including phenoxy) is 1. The fourth-order valence-electron chi connectivity index (χ4n) is 0.685. The second-order valence-corrected chi connectivity index (χ2v) is 2.22. The third-order valence-corrected chi connectivity index (χ3v) is 1.58. The molecule has 1 heteroatoms. The maximum atomic E-state index is 5.14. The molecule has 0 N–H and O–H groups in total. The van der Waals surface area contributed by atoms with Crippen molar-refractivity contribution < 1.29 is 4.74 Å². The molecule has 40 valence electrons. The standard InChI is InChI=1S/C6H11O/c1-5-3-4-7-6(5)2/h4-6H,3H2,1-2H3/q+1. The van der Waals surface area contributed by atoms with Crippen LogP contribution in [-0.4, -0.2) is 6.10 Å². The first-order valence-electron chi connectivity index (χ1n) is 2.78. The van der Waals surface area contributed by atoms with Crippen molar-refractivity contribution in [1.82, 2.24) is 0 Å². The Hall–Kier alpha value is -0.170. The molecule has 0 aromatic heterocycles. The van der Waals surface area contributed by atoms with Gasteiger partial charge in [-0.1, -0.05) is 6.92 Å². The van der Waals surface area contributed by atoms with Crippen LogP contribution in [0.1, 0.15) is 20.3 Å². The van der Waals surface area contributed by atoms with Gasteiger partial charge in [0.15, 0.2) is 0 Å². The van der Waals surface area contributed by atoms with E-state index in [1.807, 2.05) is 6.61 Å². The summed E-state index contributed by atoms with van der Waals surface area (Å²) in [4.78, 5) is 0. The lowest BCUT2D eigenvalue weighted by atomic mass is 10.1. The lowest BCUT2D eigenvalue weighted by Gasteiger charge is -1.97. The molecular formula is C6H11O+. The fourth-order valence-corrected chi connectivity index (χ4v) is 0.685. The van der Waals surface area contributed by atoms with E-state index in [-0.39, 0.29) is 0 Å². The average molecular weight is 99.2 g/mol. The molecule has 0 amide bonds. The van der Waals surface area contributed by atoms with Gasteiger partial charge in [-0.15, -0.1) is 0 Å². The zero-order chi connectivity index (χ0) is 5.28. The smallest absolute Gasteiger partial charge is 0.193 e. The summed E-state index contributed by atoms with van der Waals surface area (Å²) >= 11 is 0. The molecule has 0 aromatic carbocycles. The van der Waals surface area contributed by atoms with Gasteiger partial charge in [0.2, 0.25) is 6.61 Å². The second kappa shape index (κ2) is 1.74. The molecule has 0 bridgehead atoms. The summed E-state index contributed by atoms with van der Waals surface area (Å²) < 4.78 is 5.14. The van der Waals surface area contributed by atoms with Crippen molar-refractivity contribution in [2.45, 2.75) is 26.4 Å². The van der Waals surface area contributed by atoms with Crippen LogP contribution in [0.3, 0.4) is 0 Å². The molecule has 1 saturated heterocycles. The van der Waals surface area contributed by atoms with Crippen LogP contribution in [0.4, 0.5) is 0 Å². The highest BCUT2D eigenvalue weighted by molar-refractivity contribution is 4.74. The summed E-state index contributed by atoms with van der Waals surface area (Å²) in [6, 6.07) is 0. The molecule has 1 nitrogen and oxygen atoms in total. The van der Waals surface area contributed by atoms with E-state index in [0.717, 1.165) is 12.3 Å². The minimum atomic E-state index is 0.458. The van der Waals surface area contributed by atoms with Crippen LogP contribution < -0.4 is 0 Å². The minimum Gasteiger partial charge on any atom is -0.193 e. The second-order valence-electron chi connectivity index (χ2n) is 2.22. The molecule has 1 heterocycles. The summed E-state index contributed by atoms with van der Waals surface area (Å²) in [5.41, 5.74) is 0. The first-order chi connectivity index (χ1) is 3.30. The van der Waals surface area contributed by atoms with E-state index >= 15 is 0 Å². The van der Waals surface area contributed by atoms with E-state index in [0.29, 0.717) is 6.10 Å². The van der Waals surface area contributed by atoms with Crippen LogP contribution in [0.15, 0.2) is 0 Å². The summed E-state index contributed by atoms with van der Waals surface area (Å²) in [6.07, 6.45) is 1.58. The molecule has 1 aliphatic heterocycles. The van der Waals surface area contributed by atoms with Crippen molar-refractivity contribution in [3.8, 4) is 0 Å². The van der Waals surface area contributed by atoms with E-state index in [4.69, 9.17) is 4.74 Å². The highest BCUT2D eigenvalue weighted by Gasteiger charge is 2.27. The van der Waals surface area contributed by atoms with E-state index in [2.05, 4.69) is 13.8 Å². The predicted octanol–water partition coefficient (Wildman–Crippen LogP) is 1.59. The van der Waals surface area contributed by atoms with Crippen LogP contribution in [0.2, 0.25) is 0 Å². The summed E-state index contributed by atoms with van der Waals surface area (Å²) in [7, 11) is 0. The maximum Gasteiger partial charge on any atom is 0.228 e. The molecule has 0 aliphatic carbocycles. The van der Waals surface area contributed by atoms with Gasteiger partial charge in [0.1, 0.15) is 12.5 Å². The zero-order valence-corrected chi connectivity index (χ0v) is 4.85. The Bertz CT molecular complexity index is 53.2. The third kappa shape index (κ3) is 0.885. The lowest BCUT2D eigenvalue weighted by molar-refractivity contribution is 0.147. The SMILES string of the molecule is CC1C[CH+]OC1C. The van der Waals surface area contributed by atoms with E-state index in [1.54, 1.807) is 0 Å². The molecule has 0 saturated carbocycles. The average Bonchev–Trinajstić information content (AvgIpc) is 1.91. The van der Waals surface area contributed by atoms with Gasteiger partial charge in [0.25, 0.3) is 0 Å². The largest absolute Gasteiger partial charge is 0.228 e. The van der Waals surface area contributed by atoms with Crippen molar-refractivity contribution >= 4 is 0 Å². The van der Waals surface area contributed by atoms with Crippen LogP contribution >= 0.6 is 0 Å². The molecule has 0 aromatic rings. The third-order valence-electron chi connectivity index (χ3n) is 1.58. The van der Waals surface area contributed by atoms with Gasteiger partial charge in [-0.25, -0.2) is 0 Å². The molecule has 0 spiro atoms. The van der Waals surface area contributed by atoms with Crippen LogP contribution in [0, 0.1) is 12.5 Å². The maximum absolute atomic E-state index is 5.14. The number of rotatable bonds is 0. The molecule has 1 aliphatic rings. The van der Waals surface area contributed by atoms with Crippen LogP contribution in [-0.2, 0) is 4.74 Å². The number of hydrogen-bond acceptors (Lipinski definition) is 1. The summed E-state index contributed by atoms with van der Waals surface area (Å²) in [5.74, 6) is 0.736. The Morgan fingerprint density at radius 3 is 2.43 bits per heavy atom. The topological polar surface area (TPSA) is 9.23 Å². The van der Waals surface area contributed by atoms with E-state index in [1.165, 1.54) is 0 Å². The van der Waals surface area contributed by atoms with Crippen molar-refractivity contribution in [2.24, 2.45) is 5.92 Å². The molecule has 2 atom stereocenters. The predicted molar refractivity (Wildman–Crippen MR) is 28.6 cm³/mol. The first-order valence-corrected chi connectivity index (χ1v) is 2.78. The van der Waals surface area contributed by atoms with Gasteiger partial charge < -0.3 is 0 Å². The molecular weight excluding hydrogens is 88.1 g/mol. The lowest BCUT2D eigenvalue weighted by Crippen LogP contribution is -2.05. The minimum absolute atomic E-state index is 0.458. The van der Waals surface area contributed by atoms with Gasteiger partial charge in [0, 0.05) is 5.92 Å². The van der Waals surface area contributed by atoms with Gasteiger partial charge in [0.05, 0.1) is 0 Å². The van der Waals surface area contributed by atoms with Gasteiger partial charge in [-0.3, -0.25) is 0 Å². The van der Waals surface area contributed by atoms with Gasteiger partial charge >= 0.3 is 0 Å². The Morgan fingerprint density at radius 1 is 1.57 bits per heavy atom. The normalized spacial score (nSPS) is 40.9. The van der Waals surface area contributed by atoms with Gasteiger partial charge in [-0.2, -0.15) is 4.74 Å². The summed E-state index contributed by atoms with van der Waals surface area (Å²) in [6.45, 7) is 6.21. The Labute approximate surface area is 44.7 Å². The zero-order valence-electron chi connectivity index (χ0n) is 4.85. The fraction of sp³-hybridized carbons (Fsp3) is 0.833. The quantitative estimate of drug-likeness (QED) is 0.419. The molecule has 7 heavy (non-hydrogen) atoms. The Balaban J connectivity index is 2.33. The molecule has 0 radical (unpaired) electrons. The van der Waals surface area contributed by atoms with Crippen molar-refractivity contribution in [3.63, 3.8) is 0 Å². The summed E-state index contributed by atoms with van der Waals surface area (Å²) in [5, 5.41) is 0. The van der Waals surface area contributed by atoms with E-state index in [9.17, 15) is 0 Å². The molecule has 1 fully saturated rings. The van der Waals surface area contributed by atoms with E-state index < -0.39 is 0 Å². The van der Waals surface area contributed by atoms with Crippen molar-refractivity contribution in [3.05, 3.63) is 6.61 Å². The Morgan fingerprint density at radius 2 is 2.29 bits per heavy atom. The van der Waals surface area contributed by atoms with Crippen molar-refractivity contribution in [2.75, 3.05) is 0 Å². The van der Waals surface area contributed by atoms with Crippen molar-refractivity contribution in [1.29, 1.82) is 0 Å². The Kier molecular flexibility index (Phi) is 1.24. The van der Waals surface area contributed by atoms with Gasteiger partial charge in [-0.05, 0) is 6.92 Å². The first kappa shape index (κ1) is 4.98. The monoisotopic (exact) mass is 99.1 g/mol. The highest BCUT2D eigenvalue weighted by Crippen LogP contribution is 2.21. The number of hydrogen-bond donors (Lipinski definition) is 0. The van der Waals surface area contributed by atoms with Crippen LogP contribution in [0.5, 0.6) is 0 Å². The highest BCUT2D eigenvalue weighted by atomic mass is 16.5. The van der Waals surface area contributed by atoms with Crippen LogP contribution in [0.25, 0.3) is 0 Å². The molecule has 2 unspecified atom stereocenters.